The summed E-state index contributed by atoms with van der Waals surface area (Å²) in [5, 5.41) is 0. The first-order valence-electron chi connectivity index (χ1n) is 7.00. The number of benzene rings is 2. The molecule has 0 radical (unpaired) electrons. The van der Waals surface area contributed by atoms with Crippen molar-refractivity contribution in [3.8, 4) is 5.75 Å². The third-order valence-electron chi connectivity index (χ3n) is 3.44. The molecule has 106 valence electrons. The van der Waals surface area contributed by atoms with Gasteiger partial charge in [-0.2, -0.15) is 0 Å². The van der Waals surface area contributed by atoms with Crippen LogP contribution in [0.3, 0.4) is 0 Å². The van der Waals surface area contributed by atoms with Gasteiger partial charge in [0.2, 0.25) is 0 Å². The second-order valence-corrected chi connectivity index (χ2v) is 6.47. The minimum absolute atomic E-state index is 0.520. The third kappa shape index (κ3) is 4.68. The highest BCUT2D eigenvalue weighted by Gasteiger charge is 2.06. The molecule has 2 heteroatoms. The molecule has 0 saturated carbocycles. The molecule has 1 unspecified atom stereocenters. The predicted molar refractivity (Wildman–Crippen MR) is 88.9 cm³/mol. The van der Waals surface area contributed by atoms with Crippen LogP contribution in [-0.4, -0.2) is 11.9 Å². The van der Waals surface area contributed by atoms with E-state index in [1.54, 1.807) is 7.11 Å². The van der Waals surface area contributed by atoms with Crippen LogP contribution in [0.4, 0.5) is 0 Å². The maximum Gasteiger partial charge on any atom is 0.118 e. The second-order valence-electron chi connectivity index (χ2n) is 5.18. The van der Waals surface area contributed by atoms with Crippen LogP contribution in [0.2, 0.25) is 0 Å². The first-order chi connectivity index (χ1) is 9.67. The van der Waals surface area contributed by atoms with Gasteiger partial charge >= 0.3 is 0 Å². The molecule has 1 nitrogen and oxygen atoms in total. The van der Waals surface area contributed by atoms with Crippen molar-refractivity contribution in [1.82, 2.24) is 0 Å². The van der Waals surface area contributed by atoms with Crippen molar-refractivity contribution >= 4 is 15.9 Å². The van der Waals surface area contributed by atoms with Gasteiger partial charge in [0.15, 0.2) is 0 Å². The molecule has 2 aromatic carbocycles. The Balaban J connectivity index is 1.83. The number of hydrogen-bond acceptors (Lipinski definition) is 1. The zero-order chi connectivity index (χ0) is 14.4. The van der Waals surface area contributed by atoms with E-state index in [4.69, 9.17) is 4.74 Å². The summed E-state index contributed by atoms with van der Waals surface area (Å²) in [6.07, 6.45) is 3.31. The van der Waals surface area contributed by atoms with Crippen molar-refractivity contribution in [2.75, 3.05) is 7.11 Å². The molecule has 0 spiro atoms. The SMILES string of the molecule is COc1ccc(CCC(Br)Cc2cccc(C)c2)cc1. The van der Waals surface area contributed by atoms with Gasteiger partial charge in [0, 0.05) is 4.83 Å². The minimum Gasteiger partial charge on any atom is -0.497 e. The average Bonchev–Trinajstić information content (AvgIpc) is 2.46. The molecule has 1 atom stereocenters. The summed E-state index contributed by atoms with van der Waals surface area (Å²) in [6, 6.07) is 17.1. The Bertz CT molecular complexity index is 533. The molecule has 0 bridgehead atoms. The van der Waals surface area contributed by atoms with Gasteiger partial charge < -0.3 is 4.74 Å². The molecule has 0 fully saturated rings. The quantitative estimate of drug-likeness (QED) is 0.680. The van der Waals surface area contributed by atoms with Crippen LogP contribution in [0, 0.1) is 6.92 Å². The second kappa shape index (κ2) is 7.49. The van der Waals surface area contributed by atoms with Crippen LogP contribution < -0.4 is 4.74 Å². The van der Waals surface area contributed by atoms with Gasteiger partial charge in [0.05, 0.1) is 7.11 Å². The number of hydrogen-bond donors (Lipinski definition) is 0. The number of methoxy groups -OCH3 is 1. The summed E-state index contributed by atoms with van der Waals surface area (Å²) in [5.74, 6) is 0.920. The standard InChI is InChI=1S/C18H21BrO/c1-14-4-3-5-16(12-14)13-17(19)9-6-15-7-10-18(20-2)11-8-15/h3-5,7-8,10-12,17H,6,9,13H2,1-2H3. The Kier molecular flexibility index (Phi) is 5.66. The highest BCUT2D eigenvalue weighted by Crippen LogP contribution is 2.18. The lowest BCUT2D eigenvalue weighted by Crippen LogP contribution is -2.04. The first-order valence-corrected chi connectivity index (χ1v) is 7.91. The van der Waals surface area contributed by atoms with E-state index in [0.717, 1.165) is 25.0 Å². The molecule has 0 aliphatic heterocycles. The average molecular weight is 333 g/mol. The van der Waals surface area contributed by atoms with Crippen molar-refractivity contribution in [2.24, 2.45) is 0 Å². The molecular formula is C18H21BrO. The zero-order valence-electron chi connectivity index (χ0n) is 12.1. The summed E-state index contributed by atoms with van der Waals surface area (Å²) >= 11 is 3.80. The summed E-state index contributed by atoms with van der Waals surface area (Å²) in [7, 11) is 1.70. The lowest BCUT2D eigenvalue weighted by Gasteiger charge is -2.11. The van der Waals surface area contributed by atoms with Crippen LogP contribution in [0.25, 0.3) is 0 Å². The van der Waals surface area contributed by atoms with Crippen LogP contribution in [-0.2, 0) is 12.8 Å². The predicted octanol–water partition coefficient (Wildman–Crippen LogP) is 4.94. The molecule has 2 aromatic rings. The summed E-state index contributed by atoms with van der Waals surface area (Å²) in [4.78, 5) is 0.520. The Morgan fingerprint density at radius 3 is 2.45 bits per heavy atom. The van der Waals surface area contributed by atoms with Gasteiger partial charge in [-0.25, -0.2) is 0 Å². The van der Waals surface area contributed by atoms with Crippen molar-refractivity contribution < 1.29 is 4.74 Å². The molecule has 0 aromatic heterocycles. The Morgan fingerprint density at radius 1 is 1.05 bits per heavy atom. The van der Waals surface area contributed by atoms with E-state index in [-0.39, 0.29) is 0 Å². The number of alkyl halides is 1. The van der Waals surface area contributed by atoms with Gasteiger partial charge in [-0.05, 0) is 49.4 Å². The summed E-state index contributed by atoms with van der Waals surface area (Å²) < 4.78 is 5.18. The van der Waals surface area contributed by atoms with Crippen LogP contribution in [0.15, 0.2) is 48.5 Å². The van der Waals surface area contributed by atoms with Crippen molar-refractivity contribution in [3.05, 3.63) is 65.2 Å². The van der Waals surface area contributed by atoms with Crippen LogP contribution in [0.1, 0.15) is 23.1 Å². The van der Waals surface area contributed by atoms with Crippen LogP contribution >= 0.6 is 15.9 Å². The Morgan fingerprint density at radius 2 is 1.80 bits per heavy atom. The highest BCUT2D eigenvalue weighted by atomic mass is 79.9. The monoisotopic (exact) mass is 332 g/mol. The molecule has 2 rings (SSSR count). The van der Waals surface area contributed by atoms with E-state index in [9.17, 15) is 0 Å². The molecular weight excluding hydrogens is 312 g/mol. The fraction of sp³-hybridized carbons (Fsp3) is 0.333. The Hall–Kier alpha value is -1.28. The number of ether oxygens (including phenoxy) is 1. The normalized spacial score (nSPS) is 12.2. The maximum atomic E-state index is 5.18. The number of aryl methyl sites for hydroxylation is 2. The van der Waals surface area contributed by atoms with E-state index in [0.29, 0.717) is 4.83 Å². The topological polar surface area (TPSA) is 9.23 Å². The molecule has 0 aliphatic carbocycles. The Labute approximate surface area is 130 Å². The fourth-order valence-electron chi connectivity index (χ4n) is 2.31. The lowest BCUT2D eigenvalue weighted by atomic mass is 10.0. The number of rotatable bonds is 6. The van der Waals surface area contributed by atoms with Crippen LogP contribution in [0.5, 0.6) is 5.75 Å². The van der Waals surface area contributed by atoms with E-state index < -0.39 is 0 Å². The molecule has 0 aliphatic rings. The van der Waals surface area contributed by atoms with Gasteiger partial charge in [-0.3, -0.25) is 0 Å². The summed E-state index contributed by atoms with van der Waals surface area (Å²) in [6.45, 7) is 2.14. The molecule has 0 amide bonds. The van der Waals surface area contributed by atoms with Crippen molar-refractivity contribution in [1.29, 1.82) is 0 Å². The highest BCUT2D eigenvalue weighted by molar-refractivity contribution is 9.09. The maximum absolute atomic E-state index is 5.18. The summed E-state index contributed by atoms with van der Waals surface area (Å²) in [5.41, 5.74) is 4.10. The van der Waals surface area contributed by atoms with Gasteiger partial charge in [-0.1, -0.05) is 57.9 Å². The van der Waals surface area contributed by atoms with Gasteiger partial charge in [0.1, 0.15) is 5.75 Å². The molecule has 0 N–H and O–H groups in total. The fourth-order valence-corrected chi connectivity index (χ4v) is 2.92. The minimum atomic E-state index is 0.520. The molecule has 0 heterocycles. The van der Waals surface area contributed by atoms with E-state index >= 15 is 0 Å². The van der Waals surface area contributed by atoms with Gasteiger partial charge in [-0.15, -0.1) is 0 Å². The molecule has 0 saturated heterocycles. The largest absolute Gasteiger partial charge is 0.497 e. The number of halogens is 1. The zero-order valence-corrected chi connectivity index (χ0v) is 13.7. The van der Waals surface area contributed by atoms with Crippen molar-refractivity contribution in [3.63, 3.8) is 0 Å². The molecule has 20 heavy (non-hydrogen) atoms. The smallest absolute Gasteiger partial charge is 0.118 e. The lowest BCUT2D eigenvalue weighted by molar-refractivity contribution is 0.414. The van der Waals surface area contributed by atoms with E-state index in [1.165, 1.54) is 16.7 Å². The van der Waals surface area contributed by atoms with Crippen molar-refractivity contribution in [2.45, 2.75) is 31.0 Å². The first kappa shape index (κ1) is 15.1. The van der Waals surface area contributed by atoms with Gasteiger partial charge in [0.25, 0.3) is 0 Å². The van der Waals surface area contributed by atoms with E-state index in [1.807, 2.05) is 12.1 Å². The van der Waals surface area contributed by atoms with E-state index in [2.05, 4.69) is 59.3 Å². The third-order valence-corrected chi connectivity index (χ3v) is 4.23.